The fourth-order valence-electron chi connectivity index (χ4n) is 2.08. The summed E-state index contributed by atoms with van der Waals surface area (Å²) in [5.74, 6) is -0.325. The molecule has 6 heteroatoms. The summed E-state index contributed by atoms with van der Waals surface area (Å²) >= 11 is 5.89. The summed E-state index contributed by atoms with van der Waals surface area (Å²) in [5.41, 5.74) is 2.58. The Morgan fingerprint density at radius 2 is 1.71 bits per heavy atom. The number of nitrogens with zero attached hydrogens (tertiary/aromatic N) is 3. The molecule has 1 N–H and O–H groups in total. The largest absolute Gasteiger partial charge is 0.390 e. The number of aromatic nitrogens is 3. The van der Waals surface area contributed by atoms with Gasteiger partial charge < -0.3 is 5.11 Å². The molecule has 0 saturated carbocycles. The molecular formula is C15H11ClFN3O. The van der Waals surface area contributed by atoms with E-state index in [4.69, 9.17) is 11.6 Å². The number of rotatable bonds is 3. The van der Waals surface area contributed by atoms with E-state index in [-0.39, 0.29) is 12.4 Å². The van der Waals surface area contributed by atoms with Crippen LogP contribution in [0.5, 0.6) is 0 Å². The van der Waals surface area contributed by atoms with Crippen LogP contribution in [0.25, 0.3) is 16.9 Å². The van der Waals surface area contributed by atoms with Gasteiger partial charge in [0.25, 0.3) is 0 Å². The van der Waals surface area contributed by atoms with E-state index in [1.807, 2.05) is 12.1 Å². The van der Waals surface area contributed by atoms with E-state index < -0.39 is 0 Å². The summed E-state index contributed by atoms with van der Waals surface area (Å²) in [6.07, 6.45) is 0. The van der Waals surface area contributed by atoms with E-state index in [1.165, 1.54) is 12.1 Å². The molecule has 106 valence electrons. The molecule has 0 amide bonds. The first-order valence-electron chi connectivity index (χ1n) is 6.26. The number of aliphatic hydroxyl groups excluding tert-OH is 1. The van der Waals surface area contributed by atoms with Crippen molar-refractivity contribution in [2.75, 3.05) is 0 Å². The molecule has 0 aliphatic carbocycles. The van der Waals surface area contributed by atoms with Crippen LogP contribution in [0, 0.1) is 5.82 Å². The molecular weight excluding hydrogens is 293 g/mol. The van der Waals surface area contributed by atoms with Gasteiger partial charge in [-0.25, -0.2) is 9.07 Å². The highest BCUT2D eigenvalue weighted by Crippen LogP contribution is 2.26. The minimum atomic E-state index is -0.325. The van der Waals surface area contributed by atoms with Crippen LogP contribution in [-0.4, -0.2) is 20.1 Å². The van der Waals surface area contributed by atoms with Gasteiger partial charge in [-0.15, -0.1) is 5.10 Å². The molecule has 0 aliphatic rings. The van der Waals surface area contributed by atoms with Crippen LogP contribution >= 0.6 is 11.6 Å². The second-order valence-corrected chi connectivity index (χ2v) is 4.87. The van der Waals surface area contributed by atoms with Gasteiger partial charge in [0.1, 0.15) is 17.2 Å². The van der Waals surface area contributed by atoms with Crippen LogP contribution in [0.1, 0.15) is 5.69 Å². The fraction of sp³-hybridized carbons (Fsp3) is 0.0667. The third-order valence-electron chi connectivity index (χ3n) is 3.08. The third-order valence-corrected chi connectivity index (χ3v) is 3.33. The normalized spacial score (nSPS) is 10.8. The lowest BCUT2D eigenvalue weighted by Gasteiger charge is -2.08. The Bertz CT molecular complexity index is 754. The molecule has 0 bridgehead atoms. The first-order chi connectivity index (χ1) is 10.2. The Balaban J connectivity index is 2.16. The van der Waals surface area contributed by atoms with Crippen molar-refractivity contribution in [1.82, 2.24) is 15.0 Å². The van der Waals surface area contributed by atoms with Gasteiger partial charge in [-0.05, 0) is 36.4 Å². The van der Waals surface area contributed by atoms with Crippen molar-refractivity contribution in [3.05, 3.63) is 65.1 Å². The summed E-state index contributed by atoms with van der Waals surface area (Å²) in [5, 5.41) is 18.1. The lowest BCUT2D eigenvalue weighted by molar-refractivity contribution is 0.277. The first-order valence-corrected chi connectivity index (χ1v) is 6.64. The standard InChI is InChI=1S/C15H11ClFN3O/c16-11-3-1-10(2-4-11)15-14(9-21)18-19-20(15)13-7-5-12(17)6-8-13/h1-8,21H,9H2. The predicted octanol–water partition coefficient (Wildman–Crippen LogP) is 3.22. The van der Waals surface area contributed by atoms with Gasteiger partial charge in [0, 0.05) is 10.6 Å². The summed E-state index contributed by atoms with van der Waals surface area (Å²) in [7, 11) is 0. The van der Waals surface area contributed by atoms with Crippen molar-refractivity contribution in [2.24, 2.45) is 0 Å². The van der Waals surface area contributed by atoms with Gasteiger partial charge in [-0.2, -0.15) is 0 Å². The number of halogens is 2. The van der Waals surface area contributed by atoms with Gasteiger partial charge in [-0.1, -0.05) is 28.9 Å². The molecule has 0 aliphatic heterocycles. The van der Waals surface area contributed by atoms with Crippen molar-refractivity contribution in [2.45, 2.75) is 6.61 Å². The molecule has 21 heavy (non-hydrogen) atoms. The molecule has 0 spiro atoms. The fourth-order valence-corrected chi connectivity index (χ4v) is 2.21. The van der Waals surface area contributed by atoms with Gasteiger partial charge in [0.05, 0.1) is 12.3 Å². The number of benzene rings is 2. The number of hydrogen-bond acceptors (Lipinski definition) is 3. The average molecular weight is 304 g/mol. The van der Waals surface area contributed by atoms with E-state index in [2.05, 4.69) is 10.3 Å². The highest BCUT2D eigenvalue weighted by Gasteiger charge is 2.15. The lowest BCUT2D eigenvalue weighted by atomic mass is 10.1. The zero-order valence-electron chi connectivity index (χ0n) is 10.9. The lowest BCUT2D eigenvalue weighted by Crippen LogP contribution is -2.00. The highest BCUT2D eigenvalue weighted by molar-refractivity contribution is 6.30. The van der Waals surface area contributed by atoms with E-state index in [0.717, 1.165) is 5.56 Å². The van der Waals surface area contributed by atoms with Crippen LogP contribution in [0.3, 0.4) is 0 Å². The second-order valence-electron chi connectivity index (χ2n) is 4.44. The van der Waals surface area contributed by atoms with E-state index in [9.17, 15) is 9.50 Å². The summed E-state index contributed by atoms with van der Waals surface area (Å²) in [4.78, 5) is 0. The zero-order valence-corrected chi connectivity index (χ0v) is 11.6. The molecule has 1 aromatic heterocycles. The maximum Gasteiger partial charge on any atom is 0.123 e. The van der Waals surface area contributed by atoms with Crippen LogP contribution in [-0.2, 0) is 6.61 Å². The Morgan fingerprint density at radius 3 is 2.33 bits per heavy atom. The molecule has 1 heterocycles. The first kappa shape index (κ1) is 13.7. The van der Waals surface area contributed by atoms with E-state index in [1.54, 1.807) is 28.9 Å². The minimum absolute atomic E-state index is 0.237. The number of aliphatic hydroxyl groups is 1. The SMILES string of the molecule is OCc1nnn(-c2ccc(F)cc2)c1-c1ccc(Cl)cc1. The Kier molecular flexibility index (Phi) is 3.68. The molecule has 0 fully saturated rings. The molecule has 0 unspecified atom stereocenters. The molecule has 0 atom stereocenters. The predicted molar refractivity (Wildman–Crippen MR) is 77.7 cm³/mol. The summed E-state index contributed by atoms with van der Waals surface area (Å²) in [6, 6.07) is 13.0. The molecule has 0 radical (unpaired) electrons. The Morgan fingerprint density at radius 1 is 1.05 bits per heavy atom. The molecule has 3 aromatic rings. The van der Waals surface area contributed by atoms with Crippen molar-refractivity contribution < 1.29 is 9.50 Å². The van der Waals surface area contributed by atoms with Crippen LogP contribution in [0.2, 0.25) is 5.02 Å². The Labute approximate surface area is 125 Å². The van der Waals surface area contributed by atoms with Gasteiger partial charge in [-0.3, -0.25) is 0 Å². The number of hydrogen-bond donors (Lipinski definition) is 1. The monoisotopic (exact) mass is 303 g/mol. The van der Waals surface area contributed by atoms with Crippen LogP contribution < -0.4 is 0 Å². The van der Waals surface area contributed by atoms with Gasteiger partial charge in [0.2, 0.25) is 0 Å². The average Bonchev–Trinajstić information content (AvgIpc) is 2.93. The van der Waals surface area contributed by atoms with Crippen molar-refractivity contribution in [3.63, 3.8) is 0 Å². The molecule has 3 rings (SSSR count). The van der Waals surface area contributed by atoms with Crippen molar-refractivity contribution in [1.29, 1.82) is 0 Å². The van der Waals surface area contributed by atoms with Gasteiger partial charge >= 0.3 is 0 Å². The quantitative estimate of drug-likeness (QED) is 0.808. The van der Waals surface area contributed by atoms with Crippen LogP contribution in [0.4, 0.5) is 4.39 Å². The maximum atomic E-state index is 13.0. The van der Waals surface area contributed by atoms with Gasteiger partial charge in [0.15, 0.2) is 0 Å². The minimum Gasteiger partial charge on any atom is -0.390 e. The Hall–Kier alpha value is -2.24. The van der Waals surface area contributed by atoms with Crippen molar-refractivity contribution in [3.8, 4) is 16.9 Å². The highest BCUT2D eigenvalue weighted by atomic mass is 35.5. The zero-order chi connectivity index (χ0) is 14.8. The summed E-state index contributed by atoms with van der Waals surface area (Å²) in [6.45, 7) is -0.237. The molecule has 2 aromatic carbocycles. The van der Waals surface area contributed by atoms with Crippen molar-refractivity contribution >= 4 is 11.6 Å². The second kappa shape index (κ2) is 5.63. The smallest absolute Gasteiger partial charge is 0.123 e. The third kappa shape index (κ3) is 2.66. The van der Waals surface area contributed by atoms with E-state index >= 15 is 0 Å². The molecule has 4 nitrogen and oxygen atoms in total. The van der Waals surface area contributed by atoms with E-state index in [0.29, 0.717) is 22.1 Å². The maximum absolute atomic E-state index is 13.0. The topological polar surface area (TPSA) is 50.9 Å². The van der Waals surface area contributed by atoms with Crippen LogP contribution in [0.15, 0.2) is 48.5 Å². The summed E-state index contributed by atoms with van der Waals surface area (Å²) < 4.78 is 14.6. The molecule has 0 saturated heterocycles.